The van der Waals surface area contributed by atoms with Crippen molar-refractivity contribution in [3.63, 3.8) is 0 Å². The third kappa shape index (κ3) is 5.64. The lowest BCUT2D eigenvalue weighted by Crippen LogP contribution is -2.29. The number of hydrogen-bond acceptors (Lipinski definition) is 0. The van der Waals surface area contributed by atoms with Crippen molar-refractivity contribution in [1.29, 1.82) is 0 Å². The van der Waals surface area contributed by atoms with Crippen LogP contribution >= 0.6 is 0 Å². The summed E-state index contributed by atoms with van der Waals surface area (Å²) in [5.74, 6) is 3.13. The summed E-state index contributed by atoms with van der Waals surface area (Å²) in [5.41, 5.74) is 11.8. The quantitative estimate of drug-likeness (QED) is 0.241. The molecule has 0 aliphatic heterocycles. The summed E-state index contributed by atoms with van der Waals surface area (Å²) in [6.45, 7) is 30.1. The van der Waals surface area contributed by atoms with Crippen LogP contribution in [0, 0.1) is 30.1 Å². The van der Waals surface area contributed by atoms with Gasteiger partial charge in [0.2, 0.25) is 0 Å². The molecule has 206 valence electrons. The van der Waals surface area contributed by atoms with Gasteiger partial charge in [-0.2, -0.15) is 0 Å². The molecule has 1 aromatic carbocycles. The fraction of sp³-hybridized carbons (Fsp3) is 0.833. The van der Waals surface area contributed by atoms with Gasteiger partial charge in [0.05, 0.1) is 0 Å². The maximum absolute atomic E-state index is 2.61. The highest BCUT2D eigenvalue weighted by Gasteiger charge is 2.52. The first-order valence-electron chi connectivity index (χ1n) is 16.0. The lowest BCUT2D eigenvalue weighted by atomic mass is 9.65. The van der Waals surface area contributed by atoms with E-state index in [1.54, 1.807) is 16.7 Å². The third-order valence-corrected chi connectivity index (χ3v) is 11.2. The largest absolute Gasteiger partial charge is 0.0654 e. The molecule has 2 saturated carbocycles. The second-order valence-corrected chi connectivity index (χ2v) is 14.8. The lowest BCUT2D eigenvalue weighted by molar-refractivity contribution is 0.427. The van der Waals surface area contributed by atoms with E-state index in [-0.39, 0.29) is 5.41 Å². The highest BCUT2D eigenvalue weighted by Crippen LogP contribution is 2.60. The summed E-state index contributed by atoms with van der Waals surface area (Å²) in [6.07, 6.45) is 14.5. The number of rotatable bonds is 14. The van der Waals surface area contributed by atoms with Crippen LogP contribution in [0.5, 0.6) is 0 Å². The van der Waals surface area contributed by atoms with E-state index in [1.807, 2.05) is 16.7 Å². The summed E-state index contributed by atoms with van der Waals surface area (Å²) in [4.78, 5) is 0. The number of benzene rings is 1. The molecule has 0 saturated heterocycles. The van der Waals surface area contributed by atoms with Gasteiger partial charge in [0.1, 0.15) is 0 Å². The zero-order valence-corrected chi connectivity index (χ0v) is 26.6. The van der Waals surface area contributed by atoms with Gasteiger partial charge in [0, 0.05) is 0 Å². The van der Waals surface area contributed by atoms with Crippen LogP contribution in [0.25, 0.3) is 0 Å². The van der Waals surface area contributed by atoms with Gasteiger partial charge < -0.3 is 0 Å². The van der Waals surface area contributed by atoms with Gasteiger partial charge in [-0.3, -0.25) is 0 Å². The van der Waals surface area contributed by atoms with Crippen molar-refractivity contribution in [2.45, 2.75) is 170 Å². The second kappa shape index (κ2) is 11.1. The molecular formula is C36H62. The van der Waals surface area contributed by atoms with E-state index in [0.717, 1.165) is 17.8 Å². The fourth-order valence-corrected chi connectivity index (χ4v) is 8.23. The molecule has 0 spiro atoms. The highest BCUT2D eigenvalue weighted by atomic mass is 14.6. The predicted molar refractivity (Wildman–Crippen MR) is 162 cm³/mol. The molecular weight excluding hydrogens is 432 g/mol. The van der Waals surface area contributed by atoms with Crippen LogP contribution < -0.4 is 0 Å². The Labute approximate surface area is 226 Å². The van der Waals surface area contributed by atoms with Crippen LogP contribution in [-0.4, -0.2) is 0 Å². The third-order valence-electron chi connectivity index (χ3n) is 11.2. The van der Waals surface area contributed by atoms with Crippen molar-refractivity contribution in [2.75, 3.05) is 0 Å². The Bertz CT molecular complexity index is 903. The second-order valence-electron chi connectivity index (χ2n) is 14.8. The number of hydrogen-bond donors (Lipinski definition) is 0. The molecule has 0 heterocycles. The molecule has 0 bridgehead atoms. The molecule has 2 aliphatic carbocycles. The van der Waals surface area contributed by atoms with Crippen LogP contribution in [0.15, 0.2) is 0 Å². The van der Waals surface area contributed by atoms with Crippen LogP contribution in [0.1, 0.15) is 173 Å². The monoisotopic (exact) mass is 494 g/mol. The zero-order chi connectivity index (χ0) is 27.1. The van der Waals surface area contributed by atoms with Crippen molar-refractivity contribution >= 4 is 0 Å². The Morgan fingerprint density at radius 2 is 1.47 bits per heavy atom. The van der Waals surface area contributed by atoms with Gasteiger partial charge >= 0.3 is 0 Å². The fourth-order valence-electron chi connectivity index (χ4n) is 8.23. The molecule has 0 amide bonds. The van der Waals surface area contributed by atoms with E-state index in [0.29, 0.717) is 16.7 Å². The average Bonchev–Trinajstić information content (AvgIpc) is 3.61. The molecule has 6 atom stereocenters. The summed E-state index contributed by atoms with van der Waals surface area (Å²) in [7, 11) is 0. The minimum atomic E-state index is 0.230. The summed E-state index contributed by atoms with van der Waals surface area (Å²) in [5, 5.41) is 0. The standard InChI is InChI=1S/C36H62/c1-13-17-24(5)31-30(23-35(11)21-25(35)6)27(8)32(36(12)22-26(36)7)29(20-28(16-4)18-14-2)33(31)34(9,10)19-15-3/h24-26,28H,13-23H2,1-12H3. The molecule has 2 aliphatic rings. The van der Waals surface area contributed by atoms with Gasteiger partial charge in [-0.15, -0.1) is 0 Å². The van der Waals surface area contributed by atoms with Crippen LogP contribution in [-0.2, 0) is 23.7 Å². The van der Waals surface area contributed by atoms with Gasteiger partial charge in [-0.05, 0) is 119 Å². The molecule has 0 radical (unpaired) electrons. The summed E-state index contributed by atoms with van der Waals surface area (Å²) in [6, 6.07) is 0. The maximum atomic E-state index is 2.61. The lowest BCUT2D eigenvalue weighted by Gasteiger charge is -2.39. The van der Waals surface area contributed by atoms with E-state index in [1.165, 1.54) is 70.6 Å². The molecule has 0 N–H and O–H groups in total. The van der Waals surface area contributed by atoms with E-state index in [9.17, 15) is 0 Å². The van der Waals surface area contributed by atoms with E-state index < -0.39 is 0 Å². The molecule has 2 fully saturated rings. The normalized spacial score (nSPS) is 29.3. The molecule has 3 rings (SSSR count). The smallest absolute Gasteiger partial charge is 0.00409 e. The summed E-state index contributed by atoms with van der Waals surface area (Å²) >= 11 is 0. The van der Waals surface area contributed by atoms with Crippen molar-refractivity contribution in [3.8, 4) is 0 Å². The molecule has 0 heteroatoms. The Morgan fingerprint density at radius 3 is 1.92 bits per heavy atom. The van der Waals surface area contributed by atoms with Gasteiger partial charge in [-0.25, -0.2) is 0 Å². The van der Waals surface area contributed by atoms with Crippen LogP contribution in [0.2, 0.25) is 0 Å². The van der Waals surface area contributed by atoms with Crippen LogP contribution in [0.4, 0.5) is 0 Å². The van der Waals surface area contributed by atoms with Crippen molar-refractivity contribution in [3.05, 3.63) is 33.4 Å². The van der Waals surface area contributed by atoms with E-state index >= 15 is 0 Å². The minimum absolute atomic E-state index is 0.230. The van der Waals surface area contributed by atoms with Crippen molar-refractivity contribution in [1.82, 2.24) is 0 Å². The SMILES string of the molecule is CCCC(CC)Cc1c(C(C)(C)CCC)c(C(C)CCC)c(CC2(C)CC2C)c(C)c1C1(C)CC1C. The van der Waals surface area contributed by atoms with Crippen LogP contribution in [0.3, 0.4) is 0 Å². The van der Waals surface area contributed by atoms with E-state index in [2.05, 4.69) is 83.1 Å². The molecule has 6 unspecified atom stereocenters. The maximum Gasteiger partial charge on any atom is -0.00409 e. The van der Waals surface area contributed by atoms with Crippen molar-refractivity contribution in [2.24, 2.45) is 23.2 Å². The average molecular weight is 495 g/mol. The molecule has 1 aromatic rings. The Hall–Kier alpha value is -0.780. The van der Waals surface area contributed by atoms with Gasteiger partial charge in [0.15, 0.2) is 0 Å². The van der Waals surface area contributed by atoms with Gasteiger partial charge in [0.25, 0.3) is 0 Å². The minimum Gasteiger partial charge on any atom is -0.0654 e. The molecule has 36 heavy (non-hydrogen) atoms. The van der Waals surface area contributed by atoms with Crippen molar-refractivity contribution < 1.29 is 0 Å². The Balaban J connectivity index is 2.42. The Morgan fingerprint density at radius 1 is 0.889 bits per heavy atom. The summed E-state index contributed by atoms with van der Waals surface area (Å²) < 4.78 is 0. The highest BCUT2D eigenvalue weighted by molar-refractivity contribution is 5.60. The first-order chi connectivity index (χ1) is 16.8. The molecule has 0 nitrogen and oxygen atoms in total. The predicted octanol–water partition coefficient (Wildman–Crippen LogP) is 11.2. The topological polar surface area (TPSA) is 0 Å². The molecule has 0 aromatic heterocycles. The first-order valence-corrected chi connectivity index (χ1v) is 16.0. The first kappa shape index (κ1) is 29.8. The van der Waals surface area contributed by atoms with Gasteiger partial charge in [-0.1, -0.05) is 108 Å². The zero-order valence-electron chi connectivity index (χ0n) is 26.6. The Kier molecular flexibility index (Phi) is 9.21. The van der Waals surface area contributed by atoms with E-state index in [4.69, 9.17) is 0 Å².